The van der Waals surface area contributed by atoms with Crippen LogP contribution >= 0.6 is 22.7 Å². The summed E-state index contributed by atoms with van der Waals surface area (Å²) in [6.45, 7) is 13.5. The zero-order chi connectivity index (χ0) is 23.3. The molecule has 0 spiro atoms. The Labute approximate surface area is 210 Å². The van der Waals surface area contributed by atoms with Gasteiger partial charge in [-0.15, -0.1) is 22.7 Å². The molecule has 2 fully saturated rings. The van der Waals surface area contributed by atoms with Gasteiger partial charge in [0.05, 0.1) is 31.5 Å². The molecule has 0 aliphatic carbocycles. The van der Waals surface area contributed by atoms with Gasteiger partial charge in [0.25, 0.3) is 0 Å². The van der Waals surface area contributed by atoms with Gasteiger partial charge in [-0.25, -0.2) is 9.97 Å². The number of aromatic nitrogens is 2. The largest absolute Gasteiger partial charge is 0.314 e. The molecule has 0 bridgehead atoms. The number of hydrogen-bond acceptors (Lipinski definition) is 8. The molecule has 2 N–H and O–H groups in total. The first kappa shape index (κ1) is 23.8. The van der Waals surface area contributed by atoms with Gasteiger partial charge in [0.2, 0.25) is 0 Å². The third-order valence-electron chi connectivity index (χ3n) is 7.07. The highest BCUT2D eigenvalue weighted by Gasteiger charge is 2.19. The van der Waals surface area contributed by atoms with Crippen LogP contribution in [0.4, 0.5) is 0 Å². The van der Waals surface area contributed by atoms with Gasteiger partial charge in [-0.1, -0.05) is 12.1 Å². The molecule has 2 aromatic carbocycles. The molecule has 180 valence electrons. The smallest absolute Gasteiger partial charge is 0.0815 e. The number of hydrogen-bond donors (Lipinski definition) is 2. The summed E-state index contributed by atoms with van der Waals surface area (Å²) in [5.74, 6) is 0. The first-order chi connectivity index (χ1) is 16.7. The monoisotopic (exact) mass is 494 g/mol. The molecule has 6 rings (SSSR count). The molecule has 2 aromatic heterocycles. The molecular weight excluding hydrogens is 460 g/mol. The van der Waals surface area contributed by atoms with Crippen LogP contribution in [0.25, 0.3) is 20.4 Å². The molecule has 6 nitrogen and oxygen atoms in total. The Morgan fingerprint density at radius 2 is 1.09 bits per heavy atom. The van der Waals surface area contributed by atoms with E-state index >= 15 is 0 Å². The number of nitrogens with zero attached hydrogens (tertiary/aromatic N) is 4. The summed E-state index contributed by atoms with van der Waals surface area (Å²) >= 11 is 3.42. The Hall–Kier alpha value is -1.94. The van der Waals surface area contributed by atoms with Crippen molar-refractivity contribution < 1.29 is 0 Å². The molecule has 0 radical (unpaired) electrons. The Morgan fingerprint density at radius 1 is 0.676 bits per heavy atom. The zero-order valence-electron chi connectivity index (χ0n) is 20.0. The van der Waals surface area contributed by atoms with Crippen molar-refractivity contribution in [1.29, 1.82) is 0 Å². The molecule has 2 aliphatic rings. The van der Waals surface area contributed by atoms with Crippen LogP contribution in [-0.2, 0) is 0 Å². The number of benzene rings is 2. The second-order valence-corrected chi connectivity index (χ2v) is 10.9. The van der Waals surface area contributed by atoms with E-state index in [2.05, 4.69) is 80.6 Å². The number of nitrogens with one attached hydrogen (secondary N) is 2. The highest BCUT2D eigenvalue weighted by molar-refractivity contribution is 7.17. The van der Waals surface area contributed by atoms with Crippen LogP contribution in [0.2, 0.25) is 0 Å². The van der Waals surface area contributed by atoms with Crippen molar-refractivity contribution in [3.8, 4) is 0 Å². The van der Waals surface area contributed by atoms with E-state index in [0.29, 0.717) is 12.1 Å². The van der Waals surface area contributed by atoms with Crippen LogP contribution in [0.1, 0.15) is 37.1 Å². The third kappa shape index (κ3) is 5.48. The van der Waals surface area contributed by atoms with E-state index in [4.69, 9.17) is 0 Å². The van der Waals surface area contributed by atoms with Crippen LogP contribution in [0.3, 0.4) is 0 Å². The number of fused-ring (bicyclic) bond motifs is 2. The SMILES string of the molecule is C[C@@H](c1ccc2scnc2c1)N1CCNCC1.C[C@H](c1ccc2scnc2c1)N1CCNCC1. The van der Waals surface area contributed by atoms with E-state index < -0.39 is 0 Å². The minimum atomic E-state index is 0.489. The zero-order valence-corrected chi connectivity index (χ0v) is 21.7. The minimum absolute atomic E-state index is 0.489. The fraction of sp³-hybridized carbons (Fsp3) is 0.462. The Bertz CT molecular complexity index is 1100. The number of piperazine rings is 2. The number of thiazole rings is 2. The van der Waals surface area contributed by atoms with Crippen molar-refractivity contribution in [2.45, 2.75) is 25.9 Å². The van der Waals surface area contributed by atoms with Crippen molar-refractivity contribution in [3.63, 3.8) is 0 Å². The van der Waals surface area contributed by atoms with Crippen molar-refractivity contribution >= 4 is 43.1 Å². The lowest BCUT2D eigenvalue weighted by molar-refractivity contribution is 0.185. The molecule has 2 aliphatic heterocycles. The van der Waals surface area contributed by atoms with Gasteiger partial charge in [-0.2, -0.15) is 0 Å². The Kier molecular flexibility index (Phi) is 7.83. The van der Waals surface area contributed by atoms with Gasteiger partial charge in [0, 0.05) is 64.4 Å². The van der Waals surface area contributed by atoms with Gasteiger partial charge in [0.1, 0.15) is 0 Å². The minimum Gasteiger partial charge on any atom is -0.314 e. The molecular formula is C26H34N6S2. The van der Waals surface area contributed by atoms with E-state index in [9.17, 15) is 0 Å². The summed E-state index contributed by atoms with van der Waals surface area (Å²) in [6, 6.07) is 14.3. The summed E-state index contributed by atoms with van der Waals surface area (Å²) in [5, 5.41) is 6.79. The van der Waals surface area contributed by atoms with Crippen molar-refractivity contribution in [2.75, 3.05) is 52.4 Å². The van der Waals surface area contributed by atoms with Crippen LogP contribution in [0.5, 0.6) is 0 Å². The van der Waals surface area contributed by atoms with Crippen LogP contribution < -0.4 is 10.6 Å². The first-order valence-electron chi connectivity index (χ1n) is 12.2. The van der Waals surface area contributed by atoms with Crippen LogP contribution in [0.15, 0.2) is 47.4 Å². The average molecular weight is 495 g/mol. The third-order valence-corrected chi connectivity index (χ3v) is 8.69. The lowest BCUT2D eigenvalue weighted by atomic mass is 10.1. The Morgan fingerprint density at radius 3 is 1.50 bits per heavy atom. The van der Waals surface area contributed by atoms with Crippen LogP contribution in [0, 0.1) is 0 Å². The molecule has 4 aromatic rings. The van der Waals surface area contributed by atoms with Gasteiger partial charge in [-0.3, -0.25) is 9.80 Å². The highest BCUT2D eigenvalue weighted by Crippen LogP contribution is 2.27. The van der Waals surface area contributed by atoms with Crippen molar-refractivity contribution in [2.24, 2.45) is 0 Å². The van der Waals surface area contributed by atoms with E-state index in [1.165, 1.54) is 20.5 Å². The highest BCUT2D eigenvalue weighted by atomic mass is 32.1. The molecule has 0 amide bonds. The van der Waals surface area contributed by atoms with Gasteiger partial charge < -0.3 is 10.6 Å². The van der Waals surface area contributed by atoms with E-state index in [1.54, 1.807) is 22.7 Å². The second kappa shape index (κ2) is 11.2. The van der Waals surface area contributed by atoms with Gasteiger partial charge >= 0.3 is 0 Å². The van der Waals surface area contributed by atoms with Crippen LogP contribution in [-0.4, -0.2) is 72.1 Å². The van der Waals surface area contributed by atoms with Gasteiger partial charge in [-0.05, 0) is 49.2 Å². The predicted molar refractivity (Wildman–Crippen MR) is 145 cm³/mol. The summed E-state index contributed by atoms with van der Waals surface area (Å²) in [6.07, 6.45) is 0. The summed E-state index contributed by atoms with van der Waals surface area (Å²) < 4.78 is 2.56. The standard InChI is InChI=1S/2C13H17N3S/c2*1-10(16-6-4-14-5-7-16)11-2-3-13-12(8-11)15-9-17-13/h2*2-3,8-10,14H,4-7H2,1H3/t2*10-/m10/s1. The normalized spacial score (nSPS) is 19.6. The summed E-state index contributed by atoms with van der Waals surface area (Å²) in [5.41, 5.74) is 8.87. The van der Waals surface area contributed by atoms with E-state index in [1.807, 2.05) is 11.0 Å². The summed E-state index contributed by atoms with van der Waals surface area (Å²) in [4.78, 5) is 13.9. The maximum Gasteiger partial charge on any atom is 0.0815 e. The molecule has 0 saturated carbocycles. The molecule has 2 saturated heterocycles. The quantitative estimate of drug-likeness (QED) is 0.435. The maximum absolute atomic E-state index is 4.39. The number of rotatable bonds is 4. The molecule has 0 unspecified atom stereocenters. The van der Waals surface area contributed by atoms with Gasteiger partial charge in [0.15, 0.2) is 0 Å². The fourth-order valence-corrected chi connectivity index (χ4v) is 6.15. The average Bonchev–Trinajstić information content (AvgIpc) is 3.58. The Balaban J connectivity index is 0.000000142. The molecule has 4 heterocycles. The molecule has 8 heteroatoms. The summed E-state index contributed by atoms with van der Waals surface area (Å²) in [7, 11) is 0. The topological polar surface area (TPSA) is 56.3 Å². The maximum atomic E-state index is 4.39. The lowest BCUT2D eigenvalue weighted by Gasteiger charge is -2.33. The van der Waals surface area contributed by atoms with E-state index in [0.717, 1.165) is 63.4 Å². The lowest BCUT2D eigenvalue weighted by Crippen LogP contribution is -2.44. The van der Waals surface area contributed by atoms with Crippen molar-refractivity contribution in [3.05, 3.63) is 58.5 Å². The fourth-order valence-electron chi connectivity index (χ4n) is 4.83. The predicted octanol–water partition coefficient (Wildman–Crippen LogP) is 4.53. The van der Waals surface area contributed by atoms with E-state index in [-0.39, 0.29) is 0 Å². The molecule has 2 atom stereocenters. The van der Waals surface area contributed by atoms with Crippen molar-refractivity contribution in [1.82, 2.24) is 30.4 Å². The first-order valence-corrected chi connectivity index (χ1v) is 14.0. The molecule has 34 heavy (non-hydrogen) atoms. The second-order valence-electron chi connectivity index (χ2n) is 9.08.